The Morgan fingerprint density at radius 1 is 1.09 bits per heavy atom. The molecule has 3 saturated heterocycles. The number of hydrogen-bond donors (Lipinski definition) is 0. The first-order valence-electron chi connectivity index (χ1n) is 9.42. The van der Waals surface area contributed by atoms with E-state index in [1.165, 1.54) is 65.1 Å². The quantitative estimate of drug-likeness (QED) is 0.772. The predicted molar refractivity (Wildman–Crippen MR) is 91.3 cm³/mol. The van der Waals surface area contributed by atoms with E-state index in [2.05, 4.69) is 35.5 Å². The Morgan fingerprint density at radius 2 is 1.82 bits per heavy atom. The van der Waals surface area contributed by atoms with Crippen molar-refractivity contribution in [2.75, 3.05) is 59.0 Å². The molecule has 0 bridgehead atoms. The van der Waals surface area contributed by atoms with E-state index in [-0.39, 0.29) is 0 Å². The van der Waals surface area contributed by atoms with Crippen molar-refractivity contribution in [2.24, 2.45) is 5.92 Å². The lowest BCUT2D eigenvalue weighted by Gasteiger charge is -2.55. The molecule has 0 saturated carbocycles. The molecule has 3 aliphatic heterocycles. The van der Waals surface area contributed by atoms with Crippen LogP contribution >= 0.6 is 0 Å². The topological polar surface area (TPSA) is 19.0 Å². The Bertz CT molecular complexity index is 348. The average molecular weight is 309 g/mol. The van der Waals surface area contributed by atoms with Crippen LogP contribution < -0.4 is 0 Å². The zero-order valence-electron chi connectivity index (χ0n) is 14.9. The highest BCUT2D eigenvalue weighted by molar-refractivity contribution is 5.01. The van der Waals surface area contributed by atoms with Crippen LogP contribution in [0.15, 0.2) is 0 Å². The molecule has 128 valence electrons. The van der Waals surface area contributed by atoms with E-state index in [1.807, 2.05) is 0 Å². The van der Waals surface area contributed by atoms with Gasteiger partial charge >= 0.3 is 0 Å². The lowest BCUT2D eigenvalue weighted by atomic mass is 9.89. The van der Waals surface area contributed by atoms with Crippen molar-refractivity contribution in [3.05, 3.63) is 0 Å². The van der Waals surface area contributed by atoms with E-state index in [9.17, 15) is 0 Å². The second kappa shape index (κ2) is 7.16. The second-order valence-electron chi connectivity index (χ2n) is 7.93. The van der Waals surface area contributed by atoms with Crippen LogP contribution in [0.4, 0.5) is 0 Å². The molecular formula is C18H35N3O. The maximum atomic E-state index is 5.55. The number of piperazine rings is 1. The summed E-state index contributed by atoms with van der Waals surface area (Å²) in [7, 11) is 0. The Balaban J connectivity index is 1.41. The maximum absolute atomic E-state index is 5.55. The van der Waals surface area contributed by atoms with Gasteiger partial charge in [0.15, 0.2) is 0 Å². The molecule has 0 radical (unpaired) electrons. The molecule has 4 nitrogen and oxygen atoms in total. The predicted octanol–water partition coefficient (Wildman–Crippen LogP) is 1.90. The Hall–Kier alpha value is -0.160. The molecule has 3 rings (SSSR count). The summed E-state index contributed by atoms with van der Waals surface area (Å²) in [6, 6.07) is 0.724. The summed E-state index contributed by atoms with van der Waals surface area (Å²) in [5.41, 5.74) is 0.355. The van der Waals surface area contributed by atoms with E-state index >= 15 is 0 Å². The number of ether oxygens (including phenoxy) is 1. The molecule has 1 spiro atoms. The van der Waals surface area contributed by atoms with E-state index < -0.39 is 0 Å². The minimum absolute atomic E-state index is 0.355. The van der Waals surface area contributed by atoms with E-state index in [4.69, 9.17) is 4.74 Å². The summed E-state index contributed by atoms with van der Waals surface area (Å²) in [6.07, 6.45) is 4.21. The smallest absolute Gasteiger partial charge is 0.0807 e. The van der Waals surface area contributed by atoms with Gasteiger partial charge in [0, 0.05) is 25.7 Å². The summed E-state index contributed by atoms with van der Waals surface area (Å²) >= 11 is 0. The molecule has 4 heteroatoms. The molecule has 0 unspecified atom stereocenters. The van der Waals surface area contributed by atoms with Crippen LogP contribution in [0.2, 0.25) is 0 Å². The van der Waals surface area contributed by atoms with Crippen LogP contribution in [-0.4, -0.2) is 85.3 Å². The zero-order chi connectivity index (χ0) is 15.6. The molecule has 0 aromatic carbocycles. The lowest BCUT2D eigenvalue weighted by Crippen LogP contribution is -2.71. The molecule has 0 aromatic rings. The highest BCUT2D eigenvalue weighted by Crippen LogP contribution is 2.30. The number of hydrogen-bond acceptors (Lipinski definition) is 4. The van der Waals surface area contributed by atoms with Gasteiger partial charge < -0.3 is 14.5 Å². The van der Waals surface area contributed by atoms with Gasteiger partial charge in [0.1, 0.15) is 0 Å². The Kier molecular flexibility index (Phi) is 5.43. The minimum atomic E-state index is 0.355. The third-order valence-corrected chi connectivity index (χ3v) is 6.23. The fourth-order valence-electron chi connectivity index (χ4n) is 4.51. The first kappa shape index (κ1) is 16.7. The molecule has 0 amide bonds. The van der Waals surface area contributed by atoms with Gasteiger partial charge in [0.05, 0.1) is 18.8 Å². The van der Waals surface area contributed by atoms with E-state index in [0.29, 0.717) is 5.54 Å². The number of nitrogens with zero attached hydrogens (tertiary/aromatic N) is 3. The van der Waals surface area contributed by atoms with Crippen LogP contribution in [0.3, 0.4) is 0 Å². The lowest BCUT2D eigenvalue weighted by molar-refractivity contribution is -0.168. The third-order valence-electron chi connectivity index (χ3n) is 6.23. The monoisotopic (exact) mass is 309 g/mol. The first-order valence-corrected chi connectivity index (χ1v) is 9.42. The molecule has 22 heavy (non-hydrogen) atoms. The molecule has 3 aliphatic rings. The van der Waals surface area contributed by atoms with E-state index in [1.54, 1.807) is 0 Å². The van der Waals surface area contributed by atoms with Crippen molar-refractivity contribution in [3.63, 3.8) is 0 Å². The van der Waals surface area contributed by atoms with Gasteiger partial charge in [-0.25, -0.2) is 0 Å². The summed E-state index contributed by atoms with van der Waals surface area (Å²) in [5.74, 6) is 0.952. The zero-order valence-corrected chi connectivity index (χ0v) is 14.9. The van der Waals surface area contributed by atoms with Crippen LogP contribution in [0.1, 0.15) is 40.0 Å². The summed E-state index contributed by atoms with van der Waals surface area (Å²) < 4.78 is 5.55. The van der Waals surface area contributed by atoms with Crippen LogP contribution in [0, 0.1) is 5.92 Å². The van der Waals surface area contributed by atoms with Crippen LogP contribution in [-0.2, 0) is 4.74 Å². The van der Waals surface area contributed by atoms with Crippen LogP contribution in [0.5, 0.6) is 0 Å². The molecule has 0 aliphatic carbocycles. The Labute approximate surface area is 136 Å². The van der Waals surface area contributed by atoms with Crippen molar-refractivity contribution in [2.45, 2.75) is 51.6 Å². The van der Waals surface area contributed by atoms with Gasteiger partial charge in [-0.2, -0.15) is 0 Å². The molecule has 0 aromatic heterocycles. The second-order valence-corrected chi connectivity index (χ2v) is 7.93. The first-order chi connectivity index (χ1) is 10.6. The fraction of sp³-hybridized carbons (Fsp3) is 1.00. The largest absolute Gasteiger partial charge is 0.377 e. The number of likely N-dealkylation sites (tertiary alicyclic amines) is 1. The van der Waals surface area contributed by atoms with Crippen molar-refractivity contribution < 1.29 is 4.74 Å². The number of piperidine rings is 1. The van der Waals surface area contributed by atoms with Gasteiger partial charge in [0.25, 0.3) is 0 Å². The van der Waals surface area contributed by atoms with Crippen molar-refractivity contribution in [1.82, 2.24) is 14.7 Å². The van der Waals surface area contributed by atoms with Gasteiger partial charge in [-0.15, -0.1) is 0 Å². The van der Waals surface area contributed by atoms with Crippen molar-refractivity contribution >= 4 is 0 Å². The average Bonchev–Trinajstić information content (AvgIpc) is 2.51. The van der Waals surface area contributed by atoms with Gasteiger partial charge in [-0.05, 0) is 65.2 Å². The van der Waals surface area contributed by atoms with Crippen LogP contribution in [0.25, 0.3) is 0 Å². The summed E-state index contributed by atoms with van der Waals surface area (Å²) in [5, 5.41) is 0. The van der Waals surface area contributed by atoms with E-state index in [0.717, 1.165) is 25.2 Å². The standard InChI is InChI=1S/C18H35N3O/c1-4-21-12-11-19(13-18(21)14-22-15-18)8-5-17-6-9-20(10-7-17)16(2)3/h16-17H,4-15H2,1-3H3. The summed E-state index contributed by atoms with van der Waals surface area (Å²) in [6.45, 7) is 17.6. The highest BCUT2D eigenvalue weighted by Gasteiger charge is 2.46. The minimum Gasteiger partial charge on any atom is -0.377 e. The third kappa shape index (κ3) is 3.50. The van der Waals surface area contributed by atoms with Gasteiger partial charge in [0.2, 0.25) is 0 Å². The normalized spacial score (nSPS) is 28.4. The Morgan fingerprint density at radius 3 is 2.36 bits per heavy atom. The highest BCUT2D eigenvalue weighted by atomic mass is 16.5. The molecular weight excluding hydrogens is 274 g/mol. The number of likely N-dealkylation sites (N-methyl/N-ethyl adjacent to an activating group) is 1. The maximum Gasteiger partial charge on any atom is 0.0807 e. The van der Waals surface area contributed by atoms with Gasteiger partial charge in [-0.1, -0.05) is 6.92 Å². The SMILES string of the molecule is CCN1CCN(CCC2CCN(C(C)C)CC2)CC12COC2. The van der Waals surface area contributed by atoms with Crippen molar-refractivity contribution in [1.29, 1.82) is 0 Å². The molecule has 3 heterocycles. The molecule has 0 atom stereocenters. The van der Waals surface area contributed by atoms with Crippen molar-refractivity contribution in [3.8, 4) is 0 Å². The fourth-order valence-corrected chi connectivity index (χ4v) is 4.51. The molecule has 0 N–H and O–H groups in total. The van der Waals surface area contributed by atoms with Gasteiger partial charge in [-0.3, -0.25) is 4.90 Å². The number of rotatable bonds is 5. The summed E-state index contributed by atoms with van der Waals surface area (Å²) in [4.78, 5) is 7.99. The molecule has 3 fully saturated rings.